The average molecular weight is 362 g/mol. The fourth-order valence-corrected chi connectivity index (χ4v) is 2.60. The lowest BCUT2D eigenvalue weighted by molar-refractivity contribution is -0.148. The van der Waals surface area contributed by atoms with Crippen molar-refractivity contribution in [3.05, 3.63) is 53.6 Å². The number of carbonyl (C=O) groups is 2. The minimum Gasteiger partial charge on any atom is -0.484 e. The second kappa shape index (κ2) is 7.44. The Labute approximate surface area is 149 Å². The van der Waals surface area contributed by atoms with E-state index in [1.807, 2.05) is 0 Å². The molecule has 130 valence electrons. The van der Waals surface area contributed by atoms with Gasteiger partial charge in [0, 0.05) is 5.02 Å². The molecule has 3 rings (SSSR count). The molecule has 1 aliphatic heterocycles. The van der Waals surface area contributed by atoms with Gasteiger partial charge in [-0.2, -0.15) is 0 Å². The largest absolute Gasteiger partial charge is 0.484 e. The summed E-state index contributed by atoms with van der Waals surface area (Å²) in [5.41, 5.74) is 0.590. The molecule has 0 bridgehead atoms. The fourth-order valence-electron chi connectivity index (χ4n) is 2.48. The topological polar surface area (TPSA) is 65.1 Å². The Balaban J connectivity index is 1.75. The van der Waals surface area contributed by atoms with Gasteiger partial charge in [0.15, 0.2) is 6.61 Å². The number of para-hydroxylation sites is 2. The van der Waals surface area contributed by atoms with E-state index in [1.54, 1.807) is 48.5 Å². The minimum atomic E-state index is -0.876. The SMILES string of the molecule is COC(=O)[C@@H]1CN(C(=O)COc2ccc(Cl)cc2)c2ccccc2O1. The van der Waals surface area contributed by atoms with Gasteiger partial charge < -0.3 is 19.1 Å². The number of ether oxygens (including phenoxy) is 3. The number of esters is 1. The van der Waals surface area contributed by atoms with Gasteiger partial charge in [-0.3, -0.25) is 4.79 Å². The molecule has 2 aromatic carbocycles. The van der Waals surface area contributed by atoms with Crippen LogP contribution in [0.3, 0.4) is 0 Å². The van der Waals surface area contributed by atoms with Gasteiger partial charge in [-0.25, -0.2) is 4.79 Å². The number of fused-ring (bicyclic) bond motifs is 1. The molecule has 0 aliphatic carbocycles. The minimum absolute atomic E-state index is 0.0620. The fraction of sp³-hybridized carbons (Fsp3) is 0.222. The van der Waals surface area contributed by atoms with Gasteiger partial charge in [0.05, 0.1) is 19.3 Å². The van der Waals surface area contributed by atoms with Gasteiger partial charge >= 0.3 is 5.97 Å². The van der Waals surface area contributed by atoms with Crippen LogP contribution in [-0.2, 0) is 14.3 Å². The van der Waals surface area contributed by atoms with E-state index in [1.165, 1.54) is 12.0 Å². The summed E-state index contributed by atoms with van der Waals surface area (Å²) in [5.74, 6) is 0.151. The van der Waals surface area contributed by atoms with Crippen LogP contribution in [0.15, 0.2) is 48.5 Å². The predicted octanol–water partition coefficient (Wildman–Crippen LogP) is 2.69. The maximum Gasteiger partial charge on any atom is 0.348 e. The molecule has 0 aromatic heterocycles. The maximum absolute atomic E-state index is 12.6. The first-order valence-electron chi connectivity index (χ1n) is 7.60. The smallest absolute Gasteiger partial charge is 0.348 e. The molecule has 0 saturated heterocycles. The predicted molar refractivity (Wildman–Crippen MR) is 92.2 cm³/mol. The van der Waals surface area contributed by atoms with E-state index in [0.717, 1.165) is 0 Å². The van der Waals surface area contributed by atoms with Crippen molar-refractivity contribution in [1.82, 2.24) is 0 Å². The number of hydrogen-bond acceptors (Lipinski definition) is 5. The third-order valence-electron chi connectivity index (χ3n) is 3.71. The molecule has 0 saturated carbocycles. The molecular formula is C18H16ClNO5. The average Bonchev–Trinajstić information content (AvgIpc) is 2.65. The first-order chi connectivity index (χ1) is 12.1. The summed E-state index contributed by atoms with van der Waals surface area (Å²) in [4.78, 5) is 25.9. The van der Waals surface area contributed by atoms with E-state index < -0.39 is 12.1 Å². The summed E-state index contributed by atoms with van der Waals surface area (Å²) in [5, 5.41) is 0.585. The maximum atomic E-state index is 12.6. The van der Waals surface area contributed by atoms with Crippen LogP contribution in [0.1, 0.15) is 0 Å². The molecule has 0 N–H and O–H groups in total. The highest BCUT2D eigenvalue weighted by atomic mass is 35.5. The number of halogens is 1. The van der Waals surface area contributed by atoms with Crippen molar-refractivity contribution in [2.24, 2.45) is 0 Å². The van der Waals surface area contributed by atoms with Crippen molar-refractivity contribution in [2.45, 2.75) is 6.10 Å². The van der Waals surface area contributed by atoms with Gasteiger partial charge in [-0.15, -0.1) is 0 Å². The molecule has 0 radical (unpaired) electrons. The molecule has 2 aromatic rings. The number of benzene rings is 2. The summed E-state index contributed by atoms with van der Waals surface area (Å²) >= 11 is 5.82. The van der Waals surface area contributed by atoms with Crippen LogP contribution in [-0.4, -0.2) is 38.2 Å². The zero-order chi connectivity index (χ0) is 17.8. The second-order valence-electron chi connectivity index (χ2n) is 5.34. The number of rotatable bonds is 4. The number of hydrogen-bond donors (Lipinski definition) is 0. The van der Waals surface area contributed by atoms with Gasteiger partial charge in [-0.1, -0.05) is 23.7 Å². The quantitative estimate of drug-likeness (QED) is 0.783. The third-order valence-corrected chi connectivity index (χ3v) is 3.97. The summed E-state index contributed by atoms with van der Waals surface area (Å²) in [7, 11) is 1.28. The lowest BCUT2D eigenvalue weighted by atomic mass is 10.2. The van der Waals surface area contributed by atoms with Gasteiger partial charge in [0.25, 0.3) is 5.91 Å². The molecule has 0 fully saturated rings. The van der Waals surface area contributed by atoms with Crippen LogP contribution in [0, 0.1) is 0 Å². The van der Waals surface area contributed by atoms with Crippen LogP contribution < -0.4 is 14.4 Å². The van der Waals surface area contributed by atoms with Gasteiger partial charge in [0.1, 0.15) is 11.5 Å². The highest BCUT2D eigenvalue weighted by Crippen LogP contribution is 2.33. The summed E-state index contributed by atoms with van der Waals surface area (Å²) in [6.45, 7) is -0.115. The van der Waals surface area contributed by atoms with Crippen molar-refractivity contribution in [3.8, 4) is 11.5 Å². The molecule has 1 heterocycles. The first-order valence-corrected chi connectivity index (χ1v) is 7.98. The number of anilines is 1. The standard InChI is InChI=1S/C18H16ClNO5/c1-23-18(22)16-10-20(14-4-2-3-5-15(14)25-16)17(21)11-24-13-8-6-12(19)7-9-13/h2-9,16H,10-11H2,1H3/t16-/m0/s1. The number of methoxy groups -OCH3 is 1. The monoisotopic (exact) mass is 361 g/mol. The van der Waals surface area contributed by atoms with Crippen LogP contribution in [0.25, 0.3) is 0 Å². The Morgan fingerprint density at radius 1 is 1.20 bits per heavy atom. The van der Waals surface area contributed by atoms with E-state index in [4.69, 9.17) is 25.8 Å². The molecule has 0 spiro atoms. The van der Waals surface area contributed by atoms with Crippen LogP contribution in [0.4, 0.5) is 5.69 Å². The Kier molecular flexibility index (Phi) is 5.09. The molecule has 25 heavy (non-hydrogen) atoms. The zero-order valence-corrected chi connectivity index (χ0v) is 14.2. The molecule has 1 atom stereocenters. The van der Waals surface area contributed by atoms with E-state index in [0.29, 0.717) is 22.2 Å². The number of carbonyl (C=O) groups excluding carboxylic acids is 2. The van der Waals surface area contributed by atoms with Gasteiger partial charge in [-0.05, 0) is 36.4 Å². The van der Waals surface area contributed by atoms with Crippen LogP contribution in [0.5, 0.6) is 11.5 Å². The Hall–Kier alpha value is -2.73. The summed E-state index contributed by atoms with van der Waals surface area (Å²) in [6.07, 6.45) is -0.876. The lowest BCUT2D eigenvalue weighted by Crippen LogP contribution is -2.48. The van der Waals surface area contributed by atoms with Gasteiger partial charge in [0.2, 0.25) is 6.10 Å². The number of nitrogens with zero attached hydrogens (tertiary/aromatic N) is 1. The van der Waals surface area contributed by atoms with Crippen molar-refractivity contribution >= 4 is 29.2 Å². The summed E-state index contributed by atoms with van der Waals surface area (Å²) in [6, 6.07) is 13.7. The zero-order valence-electron chi connectivity index (χ0n) is 13.5. The van der Waals surface area contributed by atoms with Crippen LogP contribution in [0.2, 0.25) is 5.02 Å². The Bertz CT molecular complexity index is 777. The normalized spacial score (nSPS) is 15.8. The van der Waals surface area contributed by atoms with Crippen LogP contribution >= 0.6 is 11.6 Å². The highest BCUT2D eigenvalue weighted by Gasteiger charge is 2.34. The molecule has 0 unspecified atom stereocenters. The van der Waals surface area contributed by atoms with E-state index in [-0.39, 0.29) is 19.1 Å². The lowest BCUT2D eigenvalue weighted by Gasteiger charge is -2.33. The molecule has 1 amide bonds. The second-order valence-corrected chi connectivity index (χ2v) is 5.78. The van der Waals surface area contributed by atoms with Crippen molar-refractivity contribution in [2.75, 3.05) is 25.2 Å². The van der Waals surface area contributed by atoms with E-state index in [9.17, 15) is 9.59 Å². The molecular weight excluding hydrogens is 346 g/mol. The Morgan fingerprint density at radius 3 is 2.64 bits per heavy atom. The van der Waals surface area contributed by atoms with Crippen molar-refractivity contribution < 1.29 is 23.8 Å². The number of amides is 1. The van der Waals surface area contributed by atoms with Crippen molar-refractivity contribution in [3.63, 3.8) is 0 Å². The third kappa shape index (κ3) is 3.85. The first kappa shape index (κ1) is 17.1. The molecule has 6 nitrogen and oxygen atoms in total. The highest BCUT2D eigenvalue weighted by molar-refractivity contribution is 6.30. The van der Waals surface area contributed by atoms with E-state index in [2.05, 4.69) is 0 Å². The van der Waals surface area contributed by atoms with Crippen molar-refractivity contribution in [1.29, 1.82) is 0 Å². The van der Waals surface area contributed by atoms with E-state index >= 15 is 0 Å². The molecule has 1 aliphatic rings. The Morgan fingerprint density at radius 2 is 1.92 bits per heavy atom. The molecule has 7 heteroatoms. The summed E-state index contributed by atoms with van der Waals surface area (Å²) < 4.78 is 15.9.